The standard InChI is InChI=1S/C18H22N2O3S/c1-2-24(22,23)20-11-5-8-16(13-20)18(21)19-17-10-9-14-6-3-4-7-15(14)12-17/h3-4,6-7,9-10,12,16H,2,5,8,11,13H2,1H3,(H,19,21)/t16-/m0/s1. The predicted molar refractivity (Wildman–Crippen MR) is 96.3 cm³/mol. The second-order valence-corrected chi connectivity index (χ2v) is 8.41. The monoisotopic (exact) mass is 346 g/mol. The summed E-state index contributed by atoms with van der Waals surface area (Å²) in [7, 11) is -3.24. The maximum atomic E-state index is 12.5. The molecule has 2 aromatic rings. The first-order chi connectivity index (χ1) is 11.5. The van der Waals surface area contributed by atoms with E-state index in [1.807, 2.05) is 42.5 Å². The van der Waals surface area contributed by atoms with Crippen molar-refractivity contribution in [2.24, 2.45) is 5.92 Å². The second-order valence-electron chi connectivity index (χ2n) is 6.15. The zero-order valence-corrected chi connectivity index (χ0v) is 14.6. The van der Waals surface area contributed by atoms with Gasteiger partial charge in [-0.05, 0) is 42.7 Å². The molecule has 6 heteroatoms. The summed E-state index contributed by atoms with van der Waals surface area (Å²) in [6, 6.07) is 13.8. The molecule has 1 atom stereocenters. The lowest BCUT2D eigenvalue weighted by Gasteiger charge is -2.30. The van der Waals surface area contributed by atoms with Gasteiger partial charge in [-0.15, -0.1) is 0 Å². The topological polar surface area (TPSA) is 66.5 Å². The van der Waals surface area contributed by atoms with Crippen LogP contribution in [0.1, 0.15) is 19.8 Å². The number of nitrogens with one attached hydrogen (secondary N) is 1. The molecule has 2 aromatic carbocycles. The summed E-state index contributed by atoms with van der Waals surface area (Å²) in [6.45, 7) is 2.42. The van der Waals surface area contributed by atoms with Crippen LogP contribution in [-0.4, -0.2) is 37.5 Å². The summed E-state index contributed by atoms with van der Waals surface area (Å²) >= 11 is 0. The van der Waals surface area contributed by atoms with Crippen LogP contribution in [0.5, 0.6) is 0 Å². The lowest BCUT2D eigenvalue weighted by Crippen LogP contribution is -2.44. The number of rotatable bonds is 4. The molecular weight excluding hydrogens is 324 g/mol. The number of nitrogens with zero attached hydrogens (tertiary/aromatic N) is 1. The molecular formula is C18H22N2O3S. The zero-order chi connectivity index (χ0) is 17.2. The molecule has 1 aliphatic rings. The molecule has 1 N–H and O–H groups in total. The predicted octanol–water partition coefficient (Wildman–Crippen LogP) is 2.84. The van der Waals surface area contributed by atoms with Gasteiger partial charge in [-0.3, -0.25) is 4.79 Å². The van der Waals surface area contributed by atoms with Gasteiger partial charge >= 0.3 is 0 Å². The SMILES string of the molecule is CCS(=O)(=O)N1CCC[C@H](C(=O)Nc2ccc3ccccc3c2)C1. The van der Waals surface area contributed by atoms with Gasteiger partial charge in [0.2, 0.25) is 15.9 Å². The van der Waals surface area contributed by atoms with Gasteiger partial charge in [0.15, 0.2) is 0 Å². The van der Waals surface area contributed by atoms with Gasteiger partial charge in [-0.1, -0.05) is 30.3 Å². The Morgan fingerprint density at radius 1 is 1.21 bits per heavy atom. The first-order valence-corrected chi connectivity index (χ1v) is 9.88. The highest BCUT2D eigenvalue weighted by Gasteiger charge is 2.31. The highest BCUT2D eigenvalue weighted by atomic mass is 32.2. The van der Waals surface area contributed by atoms with Crippen LogP contribution in [-0.2, 0) is 14.8 Å². The van der Waals surface area contributed by atoms with Crippen LogP contribution in [0.25, 0.3) is 10.8 Å². The molecule has 1 aliphatic heterocycles. The number of carbonyl (C=O) groups excluding carboxylic acids is 1. The molecule has 24 heavy (non-hydrogen) atoms. The number of hydrogen-bond donors (Lipinski definition) is 1. The van der Waals surface area contributed by atoms with Gasteiger partial charge in [0.05, 0.1) is 11.7 Å². The van der Waals surface area contributed by atoms with Crippen LogP contribution in [0, 0.1) is 5.92 Å². The van der Waals surface area contributed by atoms with Crippen LogP contribution in [0.4, 0.5) is 5.69 Å². The summed E-state index contributed by atoms with van der Waals surface area (Å²) in [4.78, 5) is 12.5. The summed E-state index contributed by atoms with van der Waals surface area (Å²) in [5.41, 5.74) is 0.745. The molecule has 1 saturated heterocycles. The van der Waals surface area contributed by atoms with Crippen LogP contribution in [0.2, 0.25) is 0 Å². The Kier molecular flexibility index (Phi) is 4.87. The van der Waals surface area contributed by atoms with Crippen LogP contribution >= 0.6 is 0 Å². The molecule has 0 saturated carbocycles. The maximum absolute atomic E-state index is 12.5. The molecule has 0 radical (unpaired) electrons. The molecule has 1 fully saturated rings. The van der Waals surface area contributed by atoms with E-state index in [1.165, 1.54) is 4.31 Å². The highest BCUT2D eigenvalue weighted by molar-refractivity contribution is 7.89. The third-order valence-corrected chi connectivity index (χ3v) is 6.38. The molecule has 0 aliphatic carbocycles. The average Bonchev–Trinajstić information content (AvgIpc) is 2.61. The van der Waals surface area contributed by atoms with E-state index >= 15 is 0 Å². The van der Waals surface area contributed by atoms with Crippen molar-refractivity contribution in [1.29, 1.82) is 0 Å². The number of sulfonamides is 1. The van der Waals surface area contributed by atoms with Gasteiger partial charge < -0.3 is 5.32 Å². The molecule has 0 spiro atoms. The molecule has 0 unspecified atom stereocenters. The minimum Gasteiger partial charge on any atom is -0.326 e. The fourth-order valence-electron chi connectivity index (χ4n) is 3.10. The third-order valence-electron chi connectivity index (χ3n) is 4.53. The van der Waals surface area contributed by atoms with Gasteiger partial charge in [-0.25, -0.2) is 12.7 Å². The minimum absolute atomic E-state index is 0.0754. The van der Waals surface area contributed by atoms with Crippen molar-refractivity contribution in [3.63, 3.8) is 0 Å². The molecule has 128 valence electrons. The Hall–Kier alpha value is -1.92. The van der Waals surface area contributed by atoms with Crippen molar-refractivity contribution < 1.29 is 13.2 Å². The van der Waals surface area contributed by atoms with Gasteiger partial charge in [0.25, 0.3) is 0 Å². The quantitative estimate of drug-likeness (QED) is 0.926. The summed E-state index contributed by atoms with van der Waals surface area (Å²) in [6.07, 6.45) is 1.43. The lowest BCUT2D eigenvalue weighted by atomic mass is 9.98. The Morgan fingerprint density at radius 3 is 2.71 bits per heavy atom. The normalized spacial score (nSPS) is 19.3. The van der Waals surface area contributed by atoms with Crippen LogP contribution in [0.15, 0.2) is 42.5 Å². The minimum atomic E-state index is -3.24. The van der Waals surface area contributed by atoms with Gasteiger partial charge in [0, 0.05) is 18.8 Å². The fourth-order valence-corrected chi connectivity index (χ4v) is 4.28. The smallest absolute Gasteiger partial charge is 0.228 e. The summed E-state index contributed by atoms with van der Waals surface area (Å²) < 4.78 is 25.5. The first-order valence-electron chi connectivity index (χ1n) is 8.27. The summed E-state index contributed by atoms with van der Waals surface area (Å²) in [5.74, 6) is -0.334. The molecule has 3 rings (SSSR count). The molecule has 1 amide bonds. The van der Waals surface area contributed by atoms with Crippen molar-refractivity contribution in [3.05, 3.63) is 42.5 Å². The van der Waals surface area contributed by atoms with E-state index in [-0.39, 0.29) is 24.1 Å². The number of carbonyl (C=O) groups is 1. The van der Waals surface area contributed by atoms with Gasteiger partial charge in [0.1, 0.15) is 0 Å². The third kappa shape index (κ3) is 3.60. The van der Waals surface area contributed by atoms with E-state index in [1.54, 1.807) is 6.92 Å². The number of hydrogen-bond acceptors (Lipinski definition) is 3. The lowest BCUT2D eigenvalue weighted by molar-refractivity contribution is -0.120. The Bertz CT molecular complexity index is 848. The van der Waals surface area contributed by atoms with Crippen LogP contribution < -0.4 is 5.32 Å². The number of amides is 1. The van der Waals surface area contributed by atoms with E-state index in [4.69, 9.17) is 0 Å². The van der Waals surface area contributed by atoms with Gasteiger partial charge in [-0.2, -0.15) is 0 Å². The number of piperidine rings is 1. The number of benzene rings is 2. The Morgan fingerprint density at radius 2 is 1.96 bits per heavy atom. The zero-order valence-electron chi connectivity index (χ0n) is 13.7. The Labute approximate surface area is 142 Å². The van der Waals surface area contributed by atoms with Crippen molar-refractivity contribution >= 4 is 32.4 Å². The average molecular weight is 346 g/mol. The fraction of sp³-hybridized carbons (Fsp3) is 0.389. The van der Waals surface area contributed by atoms with E-state index in [0.29, 0.717) is 6.54 Å². The number of fused-ring (bicyclic) bond motifs is 1. The van der Waals surface area contributed by atoms with E-state index < -0.39 is 10.0 Å². The molecule has 0 aromatic heterocycles. The first kappa shape index (κ1) is 16.9. The second kappa shape index (κ2) is 6.91. The highest BCUT2D eigenvalue weighted by Crippen LogP contribution is 2.23. The van der Waals surface area contributed by atoms with E-state index in [2.05, 4.69) is 5.32 Å². The van der Waals surface area contributed by atoms with Crippen molar-refractivity contribution in [3.8, 4) is 0 Å². The number of anilines is 1. The van der Waals surface area contributed by atoms with Crippen molar-refractivity contribution in [2.75, 3.05) is 24.2 Å². The molecule has 5 nitrogen and oxygen atoms in total. The molecule has 1 heterocycles. The molecule has 0 bridgehead atoms. The van der Waals surface area contributed by atoms with Crippen molar-refractivity contribution in [1.82, 2.24) is 4.31 Å². The Balaban J connectivity index is 1.71. The summed E-state index contributed by atoms with van der Waals surface area (Å²) in [5, 5.41) is 5.12. The largest absolute Gasteiger partial charge is 0.326 e. The van der Waals surface area contributed by atoms with Crippen molar-refractivity contribution in [2.45, 2.75) is 19.8 Å². The van der Waals surface area contributed by atoms with E-state index in [9.17, 15) is 13.2 Å². The van der Waals surface area contributed by atoms with Crippen LogP contribution in [0.3, 0.4) is 0 Å². The van der Waals surface area contributed by atoms with E-state index in [0.717, 1.165) is 29.3 Å². The maximum Gasteiger partial charge on any atom is 0.228 e.